The third-order valence-corrected chi connectivity index (χ3v) is 3.91. The summed E-state index contributed by atoms with van der Waals surface area (Å²) in [6.07, 6.45) is 3.29. The maximum atomic E-state index is 13.1. The zero-order chi connectivity index (χ0) is 14.1. The van der Waals surface area contributed by atoms with Crippen LogP contribution in [0.15, 0.2) is 30.3 Å². The van der Waals surface area contributed by atoms with Gasteiger partial charge in [-0.05, 0) is 61.1 Å². The van der Waals surface area contributed by atoms with Gasteiger partial charge in [-0.1, -0.05) is 18.6 Å². The molecule has 0 radical (unpaired) electrons. The normalized spacial score (nSPS) is 18.4. The Morgan fingerprint density at radius 1 is 1.20 bits per heavy atom. The van der Waals surface area contributed by atoms with Crippen molar-refractivity contribution in [1.82, 2.24) is 4.98 Å². The lowest BCUT2D eigenvalue weighted by molar-refractivity contribution is 0.162. The number of nitrogens with zero attached hydrogens (tertiary/aromatic N) is 1. The number of halogens is 1. The first-order chi connectivity index (χ1) is 9.65. The van der Waals surface area contributed by atoms with Crippen LogP contribution < -0.4 is 0 Å². The molecule has 20 heavy (non-hydrogen) atoms. The van der Waals surface area contributed by atoms with Crippen LogP contribution in [0.25, 0.3) is 11.1 Å². The average Bonchev–Trinajstić information content (AvgIpc) is 2.62. The van der Waals surface area contributed by atoms with Crippen molar-refractivity contribution in [3.8, 4) is 11.1 Å². The summed E-state index contributed by atoms with van der Waals surface area (Å²) >= 11 is 0. The summed E-state index contributed by atoms with van der Waals surface area (Å²) in [5.41, 5.74) is 4.88. The van der Waals surface area contributed by atoms with Gasteiger partial charge in [0.25, 0.3) is 0 Å². The Morgan fingerprint density at radius 2 is 1.95 bits per heavy atom. The largest absolute Gasteiger partial charge is 0.387 e. The molecule has 1 aliphatic rings. The van der Waals surface area contributed by atoms with E-state index in [9.17, 15) is 9.50 Å². The van der Waals surface area contributed by atoms with Crippen LogP contribution in [0.4, 0.5) is 4.39 Å². The lowest BCUT2D eigenvalue weighted by Crippen LogP contribution is -2.05. The van der Waals surface area contributed by atoms with Gasteiger partial charge < -0.3 is 5.11 Å². The number of pyridine rings is 1. The van der Waals surface area contributed by atoms with Crippen molar-refractivity contribution < 1.29 is 9.50 Å². The van der Waals surface area contributed by atoms with Crippen molar-refractivity contribution >= 4 is 0 Å². The molecule has 0 aliphatic heterocycles. The van der Waals surface area contributed by atoms with Gasteiger partial charge in [0.2, 0.25) is 0 Å². The molecule has 1 heterocycles. The highest BCUT2D eigenvalue weighted by Gasteiger charge is 2.21. The molecule has 0 spiro atoms. The minimum atomic E-state index is -0.480. The zero-order valence-electron chi connectivity index (χ0n) is 11.6. The van der Waals surface area contributed by atoms with Gasteiger partial charge in [-0.15, -0.1) is 0 Å². The Hall–Kier alpha value is -1.74. The topological polar surface area (TPSA) is 33.1 Å². The number of fused-ring (bicyclic) bond motifs is 1. The summed E-state index contributed by atoms with van der Waals surface area (Å²) in [6.45, 7) is 1.94. The first kappa shape index (κ1) is 13.3. The second-order valence-corrected chi connectivity index (χ2v) is 5.44. The summed E-state index contributed by atoms with van der Waals surface area (Å²) in [5, 5.41) is 10.3. The van der Waals surface area contributed by atoms with E-state index in [-0.39, 0.29) is 5.82 Å². The third-order valence-electron chi connectivity index (χ3n) is 3.91. The van der Waals surface area contributed by atoms with Crippen LogP contribution >= 0.6 is 0 Å². The van der Waals surface area contributed by atoms with Gasteiger partial charge >= 0.3 is 0 Å². The Balaban J connectivity index is 2.17. The Labute approximate surface area is 118 Å². The van der Waals surface area contributed by atoms with E-state index in [4.69, 9.17) is 0 Å². The molecule has 3 rings (SSSR count). The molecule has 1 unspecified atom stereocenters. The fourth-order valence-electron chi connectivity index (χ4n) is 2.93. The molecular formula is C17H18FNO. The van der Waals surface area contributed by atoms with Gasteiger partial charge in [-0.2, -0.15) is 0 Å². The highest BCUT2D eigenvalue weighted by molar-refractivity contribution is 5.69. The van der Waals surface area contributed by atoms with Crippen LogP contribution in [0, 0.1) is 12.7 Å². The summed E-state index contributed by atoms with van der Waals surface area (Å²) in [6, 6.07) is 8.57. The van der Waals surface area contributed by atoms with E-state index >= 15 is 0 Å². The maximum absolute atomic E-state index is 13.1. The Kier molecular flexibility index (Phi) is 3.53. The predicted molar refractivity (Wildman–Crippen MR) is 76.9 cm³/mol. The first-order valence-corrected chi connectivity index (χ1v) is 7.09. The van der Waals surface area contributed by atoms with Crippen molar-refractivity contribution in [2.24, 2.45) is 0 Å². The van der Waals surface area contributed by atoms with Gasteiger partial charge in [0.05, 0.1) is 11.8 Å². The Bertz CT molecular complexity index is 622. The monoisotopic (exact) mass is 271 g/mol. The highest BCUT2D eigenvalue weighted by Crippen LogP contribution is 2.34. The van der Waals surface area contributed by atoms with Crippen molar-refractivity contribution in [2.75, 3.05) is 0 Å². The summed E-state index contributed by atoms with van der Waals surface area (Å²) in [4.78, 5) is 4.53. The molecule has 2 aromatic rings. The van der Waals surface area contributed by atoms with Crippen molar-refractivity contribution in [2.45, 2.75) is 38.7 Å². The molecule has 1 N–H and O–H groups in total. The van der Waals surface area contributed by atoms with Crippen LogP contribution in [-0.4, -0.2) is 10.1 Å². The van der Waals surface area contributed by atoms with Crippen molar-refractivity contribution in [3.63, 3.8) is 0 Å². The Morgan fingerprint density at radius 3 is 2.70 bits per heavy atom. The van der Waals surface area contributed by atoms with E-state index in [0.29, 0.717) is 0 Å². The van der Waals surface area contributed by atoms with E-state index in [2.05, 4.69) is 4.98 Å². The van der Waals surface area contributed by atoms with Crippen molar-refractivity contribution in [1.29, 1.82) is 0 Å². The van der Waals surface area contributed by atoms with E-state index in [1.54, 1.807) is 12.1 Å². The zero-order valence-corrected chi connectivity index (χ0v) is 11.6. The van der Waals surface area contributed by atoms with Crippen LogP contribution in [0.5, 0.6) is 0 Å². The van der Waals surface area contributed by atoms with Crippen LogP contribution in [0.2, 0.25) is 0 Å². The number of aromatic nitrogens is 1. The lowest BCUT2D eigenvalue weighted by atomic mass is 9.94. The summed E-state index contributed by atoms with van der Waals surface area (Å²) < 4.78 is 13.1. The van der Waals surface area contributed by atoms with E-state index < -0.39 is 6.10 Å². The van der Waals surface area contributed by atoms with Gasteiger partial charge in [0.15, 0.2) is 0 Å². The minimum Gasteiger partial charge on any atom is -0.387 e. The smallest absolute Gasteiger partial charge is 0.123 e. The second-order valence-electron chi connectivity index (χ2n) is 5.44. The number of rotatable bonds is 1. The molecule has 1 aliphatic carbocycles. The first-order valence-electron chi connectivity index (χ1n) is 7.09. The number of aryl methyl sites for hydroxylation is 1. The molecule has 0 saturated carbocycles. The van der Waals surface area contributed by atoms with Crippen LogP contribution in [-0.2, 0) is 6.42 Å². The molecule has 3 heteroatoms. The molecule has 0 fully saturated rings. The second kappa shape index (κ2) is 5.33. The van der Waals surface area contributed by atoms with Gasteiger partial charge in [0.1, 0.15) is 5.82 Å². The number of hydrogen-bond donors (Lipinski definition) is 1. The molecule has 2 nitrogen and oxygen atoms in total. The lowest BCUT2D eigenvalue weighted by Gasteiger charge is -2.16. The van der Waals surface area contributed by atoms with E-state index in [0.717, 1.165) is 53.8 Å². The molecule has 1 aromatic heterocycles. The van der Waals surface area contributed by atoms with Crippen LogP contribution in [0.1, 0.15) is 42.3 Å². The van der Waals surface area contributed by atoms with E-state index in [1.165, 1.54) is 12.1 Å². The molecular weight excluding hydrogens is 253 g/mol. The average molecular weight is 271 g/mol. The molecule has 1 aromatic carbocycles. The standard InChI is InChI=1S/C17H18FNO/c1-11-10-15(12-6-8-13(18)9-7-12)14-4-2-3-5-16(20)17(14)19-11/h6-10,16,20H,2-5H2,1H3. The van der Waals surface area contributed by atoms with Crippen molar-refractivity contribution in [3.05, 3.63) is 53.1 Å². The van der Waals surface area contributed by atoms with E-state index in [1.807, 2.05) is 13.0 Å². The molecule has 0 saturated heterocycles. The quantitative estimate of drug-likeness (QED) is 0.796. The highest BCUT2D eigenvalue weighted by atomic mass is 19.1. The third kappa shape index (κ3) is 2.46. The summed E-state index contributed by atoms with van der Waals surface area (Å²) in [5.74, 6) is -0.231. The maximum Gasteiger partial charge on any atom is 0.123 e. The van der Waals surface area contributed by atoms with Gasteiger partial charge in [-0.3, -0.25) is 4.98 Å². The minimum absolute atomic E-state index is 0.231. The number of benzene rings is 1. The summed E-state index contributed by atoms with van der Waals surface area (Å²) in [7, 11) is 0. The molecule has 1 atom stereocenters. The SMILES string of the molecule is Cc1cc(-c2ccc(F)cc2)c2c(n1)C(O)CCCC2. The van der Waals surface area contributed by atoms with Crippen LogP contribution in [0.3, 0.4) is 0 Å². The van der Waals surface area contributed by atoms with Gasteiger partial charge in [-0.25, -0.2) is 4.39 Å². The fourth-order valence-corrected chi connectivity index (χ4v) is 2.93. The molecule has 104 valence electrons. The predicted octanol–water partition coefficient (Wildman–Crippen LogP) is 3.96. The number of hydrogen-bond acceptors (Lipinski definition) is 2. The fraction of sp³-hybridized carbons (Fsp3) is 0.353. The number of aliphatic hydroxyl groups is 1. The molecule has 0 amide bonds. The van der Waals surface area contributed by atoms with Gasteiger partial charge in [0, 0.05) is 5.69 Å². The number of aliphatic hydroxyl groups excluding tert-OH is 1. The molecule has 0 bridgehead atoms.